The van der Waals surface area contributed by atoms with Crippen molar-refractivity contribution >= 4 is 21.6 Å². The van der Waals surface area contributed by atoms with Gasteiger partial charge in [0, 0.05) is 24.3 Å². The Hall–Kier alpha value is -3.16. The molecule has 1 fully saturated rings. The van der Waals surface area contributed by atoms with E-state index in [1.807, 2.05) is 30.3 Å². The SMILES string of the molecule is O=C(Nc1ccc(Oc2ccccc2)cc1)c1ccc(S(=O)(=O)N2CCCC2)cc1. The van der Waals surface area contributed by atoms with Crippen LogP contribution in [0.25, 0.3) is 0 Å². The molecule has 30 heavy (non-hydrogen) atoms. The number of carbonyl (C=O) groups is 1. The number of nitrogens with zero attached hydrogens (tertiary/aromatic N) is 1. The van der Waals surface area contributed by atoms with E-state index in [2.05, 4.69) is 5.32 Å². The molecular formula is C23H22N2O4S. The summed E-state index contributed by atoms with van der Waals surface area (Å²) in [5.41, 5.74) is 1.01. The largest absolute Gasteiger partial charge is 0.457 e. The van der Waals surface area contributed by atoms with E-state index in [1.54, 1.807) is 24.3 Å². The minimum Gasteiger partial charge on any atom is -0.457 e. The maximum Gasteiger partial charge on any atom is 0.255 e. The van der Waals surface area contributed by atoms with Crippen molar-refractivity contribution < 1.29 is 17.9 Å². The molecule has 0 bridgehead atoms. The Balaban J connectivity index is 1.40. The van der Waals surface area contributed by atoms with Crippen LogP contribution < -0.4 is 10.1 Å². The first-order valence-corrected chi connectivity index (χ1v) is 11.2. The number of para-hydroxylation sites is 1. The van der Waals surface area contributed by atoms with Crippen LogP contribution in [0.3, 0.4) is 0 Å². The van der Waals surface area contributed by atoms with Gasteiger partial charge in [-0.3, -0.25) is 4.79 Å². The third kappa shape index (κ3) is 4.53. The number of anilines is 1. The average Bonchev–Trinajstić information content (AvgIpc) is 3.32. The molecular weight excluding hydrogens is 400 g/mol. The smallest absolute Gasteiger partial charge is 0.255 e. The van der Waals surface area contributed by atoms with Gasteiger partial charge in [-0.15, -0.1) is 0 Å². The summed E-state index contributed by atoms with van der Waals surface area (Å²) in [5.74, 6) is 1.09. The van der Waals surface area contributed by atoms with Crippen molar-refractivity contribution in [2.75, 3.05) is 18.4 Å². The Morgan fingerprint density at radius 3 is 2.03 bits per heavy atom. The van der Waals surface area contributed by atoms with Gasteiger partial charge in [-0.05, 0) is 73.5 Å². The normalized spacial score (nSPS) is 14.4. The van der Waals surface area contributed by atoms with Gasteiger partial charge in [0.05, 0.1) is 4.90 Å². The molecule has 0 spiro atoms. The van der Waals surface area contributed by atoms with Gasteiger partial charge in [-0.25, -0.2) is 8.42 Å². The lowest BCUT2D eigenvalue weighted by atomic mass is 10.2. The zero-order valence-corrected chi connectivity index (χ0v) is 17.1. The molecule has 1 aliphatic heterocycles. The van der Waals surface area contributed by atoms with Crippen LogP contribution in [0.15, 0.2) is 83.8 Å². The Kier molecular flexibility index (Phi) is 5.83. The number of ether oxygens (including phenoxy) is 1. The van der Waals surface area contributed by atoms with Crippen LogP contribution in [0.1, 0.15) is 23.2 Å². The first-order valence-electron chi connectivity index (χ1n) is 9.77. The molecule has 0 saturated carbocycles. The Morgan fingerprint density at radius 2 is 1.40 bits per heavy atom. The van der Waals surface area contributed by atoms with Gasteiger partial charge >= 0.3 is 0 Å². The quantitative estimate of drug-likeness (QED) is 0.634. The predicted octanol–water partition coefficient (Wildman–Crippen LogP) is 4.52. The molecule has 1 N–H and O–H groups in total. The van der Waals surface area contributed by atoms with Crippen molar-refractivity contribution in [1.29, 1.82) is 0 Å². The van der Waals surface area contributed by atoms with Crippen LogP contribution in [-0.4, -0.2) is 31.7 Å². The van der Waals surface area contributed by atoms with Crippen LogP contribution in [-0.2, 0) is 10.0 Å². The summed E-state index contributed by atoms with van der Waals surface area (Å²) < 4.78 is 32.4. The fourth-order valence-corrected chi connectivity index (χ4v) is 4.81. The third-order valence-corrected chi connectivity index (χ3v) is 6.82. The Bertz CT molecular complexity index is 1110. The lowest BCUT2D eigenvalue weighted by Crippen LogP contribution is -2.27. The van der Waals surface area contributed by atoms with Crippen LogP contribution in [0.4, 0.5) is 5.69 Å². The summed E-state index contributed by atoms with van der Waals surface area (Å²) in [6, 6.07) is 22.5. The number of benzene rings is 3. The number of carbonyl (C=O) groups excluding carboxylic acids is 1. The molecule has 0 unspecified atom stereocenters. The van der Waals surface area contributed by atoms with Gasteiger partial charge in [-0.1, -0.05) is 18.2 Å². The number of hydrogen-bond acceptors (Lipinski definition) is 4. The highest BCUT2D eigenvalue weighted by atomic mass is 32.2. The van der Waals surface area contributed by atoms with Gasteiger partial charge in [0.25, 0.3) is 5.91 Å². The van der Waals surface area contributed by atoms with Gasteiger partial charge < -0.3 is 10.1 Å². The third-order valence-electron chi connectivity index (χ3n) is 4.91. The number of amides is 1. The molecule has 1 amide bonds. The zero-order valence-electron chi connectivity index (χ0n) is 16.3. The van der Waals surface area contributed by atoms with Crippen molar-refractivity contribution in [2.24, 2.45) is 0 Å². The van der Waals surface area contributed by atoms with Gasteiger partial charge in [0.1, 0.15) is 11.5 Å². The predicted molar refractivity (Wildman–Crippen MR) is 115 cm³/mol. The van der Waals surface area contributed by atoms with E-state index in [0.29, 0.717) is 30.1 Å². The first-order chi connectivity index (χ1) is 14.5. The number of hydrogen-bond donors (Lipinski definition) is 1. The minimum atomic E-state index is -3.48. The average molecular weight is 423 g/mol. The molecule has 154 valence electrons. The molecule has 7 heteroatoms. The monoisotopic (exact) mass is 422 g/mol. The topological polar surface area (TPSA) is 75.7 Å². The Labute approximate surface area is 176 Å². The molecule has 6 nitrogen and oxygen atoms in total. The molecule has 0 atom stereocenters. The summed E-state index contributed by atoms with van der Waals surface area (Å²) >= 11 is 0. The highest BCUT2D eigenvalue weighted by Gasteiger charge is 2.27. The standard InChI is InChI=1S/C23H22N2O4S/c26-23(18-8-14-22(15-9-18)30(27,28)25-16-4-5-17-25)24-19-10-12-21(13-11-19)29-20-6-2-1-3-7-20/h1-3,6-15H,4-5,16-17H2,(H,24,26). The van der Waals surface area contributed by atoms with Crippen LogP contribution in [0.5, 0.6) is 11.5 Å². The second-order valence-corrected chi connectivity index (χ2v) is 8.97. The first kappa shape index (κ1) is 20.1. The molecule has 1 saturated heterocycles. The maximum atomic E-state index is 12.6. The summed E-state index contributed by atoms with van der Waals surface area (Å²) in [6.45, 7) is 1.10. The fourth-order valence-electron chi connectivity index (χ4n) is 3.29. The lowest BCUT2D eigenvalue weighted by molar-refractivity contribution is 0.102. The van der Waals surface area contributed by atoms with E-state index in [1.165, 1.54) is 28.6 Å². The van der Waals surface area contributed by atoms with E-state index in [-0.39, 0.29) is 10.8 Å². The maximum absolute atomic E-state index is 12.6. The lowest BCUT2D eigenvalue weighted by Gasteiger charge is -2.15. The summed E-state index contributed by atoms with van der Waals surface area (Å²) in [4.78, 5) is 12.7. The van der Waals surface area contributed by atoms with Crippen molar-refractivity contribution in [3.63, 3.8) is 0 Å². The van der Waals surface area contributed by atoms with E-state index < -0.39 is 10.0 Å². The molecule has 1 heterocycles. The van der Waals surface area contributed by atoms with Crippen molar-refractivity contribution in [3.05, 3.63) is 84.4 Å². The molecule has 3 aromatic rings. The Morgan fingerprint density at radius 1 is 0.800 bits per heavy atom. The number of nitrogens with one attached hydrogen (secondary N) is 1. The summed E-state index contributed by atoms with van der Waals surface area (Å²) in [6.07, 6.45) is 1.77. The fraction of sp³-hybridized carbons (Fsp3) is 0.174. The molecule has 0 aromatic heterocycles. The van der Waals surface area contributed by atoms with Crippen molar-refractivity contribution in [2.45, 2.75) is 17.7 Å². The second kappa shape index (κ2) is 8.69. The molecule has 0 radical (unpaired) electrons. The van der Waals surface area contributed by atoms with Crippen LogP contribution in [0.2, 0.25) is 0 Å². The summed E-state index contributed by atoms with van der Waals surface area (Å²) in [7, 11) is -3.48. The van der Waals surface area contributed by atoms with Gasteiger partial charge in [-0.2, -0.15) is 4.31 Å². The van der Waals surface area contributed by atoms with Crippen LogP contribution >= 0.6 is 0 Å². The minimum absolute atomic E-state index is 0.211. The van der Waals surface area contributed by atoms with Crippen molar-refractivity contribution in [3.8, 4) is 11.5 Å². The highest BCUT2D eigenvalue weighted by Crippen LogP contribution is 2.24. The highest BCUT2D eigenvalue weighted by molar-refractivity contribution is 7.89. The number of sulfonamides is 1. The second-order valence-electron chi connectivity index (χ2n) is 7.03. The molecule has 1 aliphatic rings. The van der Waals surface area contributed by atoms with Crippen LogP contribution in [0, 0.1) is 0 Å². The van der Waals surface area contributed by atoms with Gasteiger partial charge in [0.2, 0.25) is 10.0 Å². The van der Waals surface area contributed by atoms with E-state index in [9.17, 15) is 13.2 Å². The summed E-state index contributed by atoms with van der Waals surface area (Å²) in [5, 5.41) is 2.81. The van der Waals surface area contributed by atoms with E-state index >= 15 is 0 Å². The number of rotatable bonds is 6. The van der Waals surface area contributed by atoms with Crippen molar-refractivity contribution in [1.82, 2.24) is 4.31 Å². The molecule has 0 aliphatic carbocycles. The molecule has 4 rings (SSSR count). The van der Waals surface area contributed by atoms with Gasteiger partial charge in [0.15, 0.2) is 0 Å². The molecule has 3 aromatic carbocycles. The zero-order chi connectivity index (χ0) is 21.0. The van der Waals surface area contributed by atoms with E-state index in [0.717, 1.165) is 18.6 Å². The van der Waals surface area contributed by atoms with E-state index in [4.69, 9.17) is 4.74 Å².